The molecule has 114 valence electrons. The van der Waals surface area contributed by atoms with Crippen molar-refractivity contribution in [3.8, 4) is 0 Å². The molecule has 2 amide bonds. The van der Waals surface area contributed by atoms with E-state index in [0.717, 1.165) is 31.9 Å². The van der Waals surface area contributed by atoms with E-state index >= 15 is 0 Å². The highest BCUT2D eigenvalue weighted by atomic mass is 19.1. The van der Waals surface area contributed by atoms with E-state index in [0.29, 0.717) is 13.1 Å². The molecule has 6 heteroatoms. The first-order valence-electron chi connectivity index (χ1n) is 7.19. The average Bonchev–Trinajstić information content (AvgIpc) is 2.44. The van der Waals surface area contributed by atoms with Crippen molar-refractivity contribution in [3.05, 3.63) is 35.4 Å². The van der Waals surface area contributed by atoms with Gasteiger partial charge in [-0.3, -0.25) is 0 Å². The third kappa shape index (κ3) is 3.00. The molecule has 2 heterocycles. The molecule has 3 rings (SSSR count). The number of hydrogen-bond acceptors (Lipinski definition) is 2. The van der Waals surface area contributed by atoms with Gasteiger partial charge in [0.1, 0.15) is 11.6 Å². The highest BCUT2D eigenvalue weighted by Gasteiger charge is 2.41. The Morgan fingerprint density at radius 3 is 2.57 bits per heavy atom. The largest absolute Gasteiger partial charge is 0.375 e. The molecule has 0 unspecified atom stereocenters. The fourth-order valence-electron chi connectivity index (χ4n) is 2.85. The maximum absolute atomic E-state index is 13.5. The molecule has 4 nitrogen and oxygen atoms in total. The second kappa shape index (κ2) is 5.60. The number of carbonyl (C=O) groups is 1. The molecular weight excluding hydrogens is 278 g/mol. The van der Waals surface area contributed by atoms with Gasteiger partial charge in [-0.15, -0.1) is 0 Å². The zero-order chi connectivity index (χ0) is 14.9. The van der Waals surface area contributed by atoms with E-state index in [2.05, 4.69) is 5.32 Å². The van der Waals surface area contributed by atoms with Crippen LogP contribution in [0.4, 0.5) is 13.6 Å². The van der Waals surface area contributed by atoms with E-state index in [4.69, 9.17) is 4.74 Å². The fraction of sp³-hybridized carbons (Fsp3) is 0.533. The summed E-state index contributed by atoms with van der Waals surface area (Å²) in [6.07, 6.45) is 2.78. The minimum Gasteiger partial charge on any atom is -0.375 e. The number of urea groups is 1. The lowest BCUT2D eigenvalue weighted by molar-refractivity contribution is -0.169. The Morgan fingerprint density at radius 1 is 1.29 bits per heavy atom. The molecule has 0 atom stereocenters. The lowest BCUT2D eigenvalue weighted by atomic mass is 9.84. The van der Waals surface area contributed by atoms with Crippen LogP contribution in [0.3, 0.4) is 0 Å². The van der Waals surface area contributed by atoms with Crippen LogP contribution in [0.2, 0.25) is 0 Å². The average molecular weight is 296 g/mol. The van der Waals surface area contributed by atoms with Crippen LogP contribution in [0.15, 0.2) is 18.2 Å². The van der Waals surface area contributed by atoms with Crippen LogP contribution in [0, 0.1) is 11.6 Å². The lowest BCUT2D eigenvalue weighted by Crippen LogP contribution is -2.54. The molecule has 1 aromatic rings. The number of piperidine rings is 1. The van der Waals surface area contributed by atoms with Gasteiger partial charge in [0.15, 0.2) is 0 Å². The molecular formula is C15H18F2N2O2. The number of likely N-dealkylation sites (tertiary alicyclic amines) is 1. The van der Waals surface area contributed by atoms with Crippen molar-refractivity contribution in [3.63, 3.8) is 0 Å². The number of nitrogens with one attached hydrogen (secondary N) is 1. The van der Waals surface area contributed by atoms with Gasteiger partial charge in [0.2, 0.25) is 0 Å². The number of hydrogen-bond donors (Lipinski definition) is 1. The standard InChI is InChI=1S/C15H18F2N2O2/c16-12-2-1-11(13(17)9-12)10-18-14(20)19-6-3-15(4-7-19)5-8-21-15/h1-2,9H,3-8,10H2,(H,18,20). The monoisotopic (exact) mass is 296 g/mol. The van der Waals surface area contributed by atoms with Gasteiger partial charge in [-0.05, 0) is 25.3 Å². The first-order valence-corrected chi connectivity index (χ1v) is 7.19. The van der Waals surface area contributed by atoms with Crippen LogP contribution in [0.5, 0.6) is 0 Å². The molecule has 0 radical (unpaired) electrons. The van der Waals surface area contributed by atoms with E-state index in [1.807, 2.05) is 0 Å². The maximum Gasteiger partial charge on any atom is 0.317 e. The van der Waals surface area contributed by atoms with Crippen molar-refractivity contribution in [2.24, 2.45) is 0 Å². The maximum atomic E-state index is 13.5. The summed E-state index contributed by atoms with van der Waals surface area (Å²) in [5, 5.41) is 2.68. The number of rotatable bonds is 2. The Hall–Kier alpha value is -1.69. The molecule has 0 aromatic heterocycles. The summed E-state index contributed by atoms with van der Waals surface area (Å²) < 4.78 is 31.9. The van der Waals surface area contributed by atoms with Crippen molar-refractivity contribution in [1.29, 1.82) is 0 Å². The normalized spacial score (nSPS) is 20.2. The van der Waals surface area contributed by atoms with E-state index in [1.165, 1.54) is 12.1 Å². The minimum atomic E-state index is -0.643. The van der Waals surface area contributed by atoms with E-state index in [-0.39, 0.29) is 23.7 Å². The third-order valence-electron chi connectivity index (χ3n) is 4.37. The number of benzene rings is 1. The van der Waals surface area contributed by atoms with Gasteiger partial charge in [-0.2, -0.15) is 0 Å². The number of amides is 2. The third-order valence-corrected chi connectivity index (χ3v) is 4.37. The van der Waals surface area contributed by atoms with E-state index < -0.39 is 11.6 Å². The summed E-state index contributed by atoms with van der Waals surface area (Å²) >= 11 is 0. The molecule has 1 spiro atoms. The first kappa shape index (κ1) is 14.3. The Kier molecular flexibility index (Phi) is 3.80. The fourth-order valence-corrected chi connectivity index (χ4v) is 2.85. The summed E-state index contributed by atoms with van der Waals surface area (Å²) in [5.74, 6) is -1.26. The van der Waals surface area contributed by atoms with Gasteiger partial charge in [-0.1, -0.05) is 6.07 Å². The molecule has 2 aliphatic rings. The van der Waals surface area contributed by atoms with E-state index in [9.17, 15) is 13.6 Å². The molecule has 0 saturated carbocycles. The van der Waals surface area contributed by atoms with Crippen molar-refractivity contribution in [2.75, 3.05) is 19.7 Å². The highest BCUT2D eigenvalue weighted by molar-refractivity contribution is 5.74. The van der Waals surface area contributed by atoms with Crippen molar-refractivity contribution >= 4 is 6.03 Å². The van der Waals surface area contributed by atoms with Crippen LogP contribution in [-0.2, 0) is 11.3 Å². The zero-order valence-electron chi connectivity index (χ0n) is 11.7. The van der Waals surface area contributed by atoms with Crippen LogP contribution in [0.25, 0.3) is 0 Å². The number of carbonyl (C=O) groups excluding carboxylic acids is 1. The summed E-state index contributed by atoms with van der Waals surface area (Å²) in [7, 11) is 0. The molecule has 2 fully saturated rings. The second-order valence-electron chi connectivity index (χ2n) is 5.66. The summed E-state index contributed by atoms with van der Waals surface area (Å²) in [4.78, 5) is 13.8. The quantitative estimate of drug-likeness (QED) is 0.910. The molecule has 2 aliphatic heterocycles. The van der Waals surface area contributed by atoms with Crippen LogP contribution in [-0.4, -0.2) is 36.2 Å². The van der Waals surface area contributed by atoms with Crippen LogP contribution < -0.4 is 5.32 Å². The van der Waals surface area contributed by atoms with Gasteiger partial charge in [0, 0.05) is 31.3 Å². The van der Waals surface area contributed by atoms with Crippen molar-refractivity contribution in [1.82, 2.24) is 10.2 Å². The first-order chi connectivity index (χ1) is 10.1. The van der Waals surface area contributed by atoms with E-state index in [1.54, 1.807) is 4.90 Å². The predicted octanol–water partition coefficient (Wildman–Crippen LogP) is 2.43. The van der Waals surface area contributed by atoms with Gasteiger partial charge >= 0.3 is 6.03 Å². The zero-order valence-corrected chi connectivity index (χ0v) is 11.7. The van der Waals surface area contributed by atoms with Gasteiger partial charge in [0.25, 0.3) is 0 Å². The summed E-state index contributed by atoms with van der Waals surface area (Å²) in [6, 6.07) is 3.13. The molecule has 2 saturated heterocycles. The Balaban J connectivity index is 1.50. The Bertz CT molecular complexity index is 536. The molecule has 21 heavy (non-hydrogen) atoms. The Morgan fingerprint density at radius 2 is 2.00 bits per heavy atom. The van der Waals surface area contributed by atoms with Crippen molar-refractivity contribution < 1.29 is 18.3 Å². The topological polar surface area (TPSA) is 41.6 Å². The van der Waals surface area contributed by atoms with Gasteiger partial charge in [-0.25, -0.2) is 13.6 Å². The molecule has 1 N–H and O–H groups in total. The summed E-state index contributed by atoms with van der Waals surface area (Å²) in [6.45, 7) is 2.18. The van der Waals surface area contributed by atoms with Crippen LogP contribution in [0.1, 0.15) is 24.8 Å². The number of ether oxygens (including phenoxy) is 1. The number of halogens is 2. The van der Waals surface area contributed by atoms with Crippen molar-refractivity contribution in [2.45, 2.75) is 31.4 Å². The molecule has 0 aliphatic carbocycles. The number of nitrogens with zero attached hydrogens (tertiary/aromatic N) is 1. The smallest absolute Gasteiger partial charge is 0.317 e. The lowest BCUT2D eigenvalue weighted by Gasteiger charge is -2.47. The second-order valence-corrected chi connectivity index (χ2v) is 5.66. The van der Waals surface area contributed by atoms with Crippen LogP contribution >= 0.6 is 0 Å². The Labute approximate surface area is 122 Å². The minimum absolute atomic E-state index is 0.000154. The van der Waals surface area contributed by atoms with Gasteiger partial charge in [0.05, 0.1) is 12.2 Å². The highest BCUT2D eigenvalue weighted by Crippen LogP contribution is 2.36. The van der Waals surface area contributed by atoms with Gasteiger partial charge < -0.3 is 15.0 Å². The molecule has 0 bridgehead atoms. The predicted molar refractivity (Wildman–Crippen MR) is 72.7 cm³/mol. The SMILES string of the molecule is O=C(NCc1ccc(F)cc1F)N1CCC2(CCO2)CC1. The molecule has 1 aromatic carbocycles. The summed E-state index contributed by atoms with van der Waals surface area (Å²) in [5.41, 5.74) is 0.278.